The third-order valence-electron chi connectivity index (χ3n) is 4.19. The predicted molar refractivity (Wildman–Crippen MR) is 115 cm³/mol. The molecular weight excluding hydrogens is 406 g/mol. The summed E-state index contributed by atoms with van der Waals surface area (Å²) in [6.45, 7) is 0.184. The van der Waals surface area contributed by atoms with Crippen LogP contribution in [0.15, 0.2) is 66.7 Å². The van der Waals surface area contributed by atoms with Gasteiger partial charge in [-0.05, 0) is 36.4 Å². The Morgan fingerprint density at radius 3 is 2.40 bits per heavy atom. The number of anilines is 1. The molecule has 0 aromatic heterocycles. The van der Waals surface area contributed by atoms with Crippen LogP contribution in [0.5, 0.6) is 17.2 Å². The average Bonchev–Trinajstić information content (AvgIpc) is 2.73. The Balaban J connectivity index is 1.71. The minimum Gasteiger partial charge on any atom is -0.495 e. The van der Waals surface area contributed by atoms with E-state index in [1.54, 1.807) is 54.6 Å². The molecule has 3 amide bonds. The van der Waals surface area contributed by atoms with E-state index in [0.717, 1.165) is 0 Å². The first-order chi connectivity index (χ1) is 14.5. The van der Waals surface area contributed by atoms with Gasteiger partial charge in [0.15, 0.2) is 0 Å². The number of primary amides is 1. The lowest BCUT2D eigenvalue weighted by Crippen LogP contribution is -2.28. The van der Waals surface area contributed by atoms with E-state index in [2.05, 4.69) is 10.6 Å². The number of carbonyl (C=O) groups excluding carboxylic acids is 2. The third kappa shape index (κ3) is 5.21. The van der Waals surface area contributed by atoms with Gasteiger partial charge < -0.3 is 25.8 Å². The highest BCUT2D eigenvalue weighted by Crippen LogP contribution is 2.29. The van der Waals surface area contributed by atoms with Crippen LogP contribution in [0, 0.1) is 0 Å². The zero-order valence-corrected chi connectivity index (χ0v) is 16.9. The van der Waals surface area contributed by atoms with Crippen molar-refractivity contribution >= 4 is 29.2 Å². The second-order valence-electron chi connectivity index (χ2n) is 6.22. The number of amides is 3. The van der Waals surface area contributed by atoms with Crippen molar-refractivity contribution in [3.63, 3.8) is 0 Å². The van der Waals surface area contributed by atoms with E-state index in [-0.39, 0.29) is 12.1 Å². The van der Waals surface area contributed by atoms with E-state index in [0.29, 0.717) is 33.5 Å². The number of para-hydroxylation sites is 2. The SMILES string of the molecule is COc1ccc(Cl)cc1NC(=O)NCc1ccccc1Oc1ccccc1C(N)=O. The number of nitrogens with one attached hydrogen (secondary N) is 2. The largest absolute Gasteiger partial charge is 0.495 e. The number of methoxy groups -OCH3 is 1. The van der Waals surface area contributed by atoms with Crippen LogP contribution >= 0.6 is 11.6 Å². The monoisotopic (exact) mass is 425 g/mol. The molecular formula is C22H20ClN3O4. The Kier molecular flexibility index (Phi) is 6.77. The summed E-state index contributed by atoms with van der Waals surface area (Å²) in [6, 6.07) is 18.3. The van der Waals surface area contributed by atoms with Crippen molar-refractivity contribution in [1.82, 2.24) is 5.32 Å². The lowest BCUT2D eigenvalue weighted by Gasteiger charge is -2.14. The molecule has 0 atom stereocenters. The van der Waals surface area contributed by atoms with Gasteiger partial charge in [-0.25, -0.2) is 4.79 Å². The quantitative estimate of drug-likeness (QED) is 0.516. The van der Waals surface area contributed by atoms with Gasteiger partial charge in [0.05, 0.1) is 18.4 Å². The number of carbonyl (C=O) groups is 2. The average molecular weight is 426 g/mol. The summed E-state index contributed by atoms with van der Waals surface area (Å²) in [6.07, 6.45) is 0. The van der Waals surface area contributed by atoms with Crippen molar-refractivity contribution in [3.8, 4) is 17.2 Å². The number of urea groups is 1. The lowest BCUT2D eigenvalue weighted by atomic mass is 10.1. The molecule has 30 heavy (non-hydrogen) atoms. The van der Waals surface area contributed by atoms with Gasteiger partial charge in [0.25, 0.3) is 5.91 Å². The fraction of sp³-hybridized carbons (Fsp3) is 0.0909. The van der Waals surface area contributed by atoms with Crippen molar-refractivity contribution in [3.05, 3.63) is 82.9 Å². The Bertz CT molecular complexity index is 1070. The maximum atomic E-state index is 12.4. The molecule has 0 fully saturated rings. The van der Waals surface area contributed by atoms with Crippen LogP contribution in [-0.2, 0) is 6.54 Å². The highest BCUT2D eigenvalue weighted by atomic mass is 35.5. The fourth-order valence-corrected chi connectivity index (χ4v) is 2.92. The summed E-state index contributed by atoms with van der Waals surface area (Å²) in [5.41, 5.74) is 6.84. The molecule has 0 aliphatic heterocycles. The summed E-state index contributed by atoms with van der Waals surface area (Å²) in [5, 5.41) is 5.94. The summed E-state index contributed by atoms with van der Waals surface area (Å²) >= 11 is 5.99. The normalized spacial score (nSPS) is 10.2. The van der Waals surface area contributed by atoms with Gasteiger partial charge in [0.1, 0.15) is 17.2 Å². The predicted octanol–water partition coefficient (Wildman–Crippen LogP) is 4.56. The van der Waals surface area contributed by atoms with Crippen LogP contribution in [0.25, 0.3) is 0 Å². The maximum Gasteiger partial charge on any atom is 0.319 e. The van der Waals surface area contributed by atoms with Crippen molar-refractivity contribution in [2.24, 2.45) is 5.73 Å². The fourth-order valence-electron chi connectivity index (χ4n) is 2.75. The van der Waals surface area contributed by atoms with Crippen molar-refractivity contribution < 1.29 is 19.1 Å². The first-order valence-corrected chi connectivity index (χ1v) is 9.38. The van der Waals surface area contributed by atoms with Gasteiger partial charge in [0, 0.05) is 17.1 Å². The first kappa shape index (κ1) is 21.0. The highest BCUT2D eigenvalue weighted by molar-refractivity contribution is 6.31. The molecule has 0 aliphatic rings. The standard InChI is InChI=1S/C22H20ClN3O4/c1-29-20-11-10-15(23)12-17(20)26-22(28)25-13-14-6-2-4-8-18(14)30-19-9-5-3-7-16(19)21(24)27/h2-12H,13H2,1H3,(H2,24,27)(H2,25,26,28). The minimum atomic E-state index is -0.587. The number of rotatable bonds is 7. The summed E-state index contributed by atoms with van der Waals surface area (Å²) < 4.78 is 11.1. The number of ether oxygens (including phenoxy) is 2. The Morgan fingerprint density at radius 2 is 1.67 bits per heavy atom. The number of hydrogen-bond acceptors (Lipinski definition) is 4. The van der Waals surface area contributed by atoms with Crippen LogP contribution in [0.1, 0.15) is 15.9 Å². The summed E-state index contributed by atoms with van der Waals surface area (Å²) in [7, 11) is 1.50. The lowest BCUT2D eigenvalue weighted by molar-refractivity contribution is 0.0998. The topological polar surface area (TPSA) is 103 Å². The molecule has 0 bridgehead atoms. The Labute approximate surface area is 178 Å². The number of benzene rings is 3. The first-order valence-electron chi connectivity index (χ1n) is 9.01. The molecule has 4 N–H and O–H groups in total. The van der Waals surface area contributed by atoms with E-state index >= 15 is 0 Å². The minimum absolute atomic E-state index is 0.184. The maximum absolute atomic E-state index is 12.4. The molecule has 3 rings (SSSR count). The van der Waals surface area contributed by atoms with Gasteiger partial charge >= 0.3 is 6.03 Å². The molecule has 3 aromatic rings. The molecule has 8 heteroatoms. The van der Waals surface area contributed by atoms with Gasteiger partial charge in [-0.1, -0.05) is 41.9 Å². The second-order valence-corrected chi connectivity index (χ2v) is 6.66. The number of hydrogen-bond donors (Lipinski definition) is 3. The van der Waals surface area contributed by atoms with Gasteiger partial charge in [-0.15, -0.1) is 0 Å². The molecule has 0 unspecified atom stereocenters. The smallest absolute Gasteiger partial charge is 0.319 e. The molecule has 0 heterocycles. The molecule has 0 aliphatic carbocycles. The zero-order valence-electron chi connectivity index (χ0n) is 16.1. The number of halogens is 1. The van der Waals surface area contributed by atoms with Crippen LogP contribution in [0.4, 0.5) is 10.5 Å². The summed E-state index contributed by atoms with van der Waals surface area (Å²) in [4.78, 5) is 24.0. The van der Waals surface area contributed by atoms with E-state index in [9.17, 15) is 9.59 Å². The third-order valence-corrected chi connectivity index (χ3v) is 4.43. The number of nitrogens with two attached hydrogens (primary N) is 1. The van der Waals surface area contributed by atoms with Crippen LogP contribution in [-0.4, -0.2) is 19.0 Å². The Morgan fingerprint density at radius 1 is 0.967 bits per heavy atom. The van der Waals surface area contributed by atoms with Gasteiger partial charge in [0.2, 0.25) is 0 Å². The molecule has 3 aromatic carbocycles. The summed E-state index contributed by atoms with van der Waals surface area (Å²) in [5.74, 6) is 0.731. The van der Waals surface area contributed by atoms with Crippen LogP contribution in [0.3, 0.4) is 0 Å². The van der Waals surface area contributed by atoms with Crippen molar-refractivity contribution in [1.29, 1.82) is 0 Å². The van der Waals surface area contributed by atoms with Crippen molar-refractivity contribution in [2.45, 2.75) is 6.54 Å². The van der Waals surface area contributed by atoms with Crippen LogP contribution < -0.4 is 25.8 Å². The molecule has 0 saturated heterocycles. The highest BCUT2D eigenvalue weighted by Gasteiger charge is 2.13. The van der Waals surface area contributed by atoms with Gasteiger partial charge in [-0.3, -0.25) is 4.79 Å². The molecule has 7 nitrogen and oxygen atoms in total. The van der Waals surface area contributed by atoms with E-state index in [1.165, 1.54) is 7.11 Å². The zero-order chi connectivity index (χ0) is 21.5. The molecule has 0 radical (unpaired) electrons. The van der Waals surface area contributed by atoms with E-state index in [4.69, 9.17) is 26.8 Å². The molecule has 0 saturated carbocycles. The second kappa shape index (κ2) is 9.67. The molecule has 0 spiro atoms. The Hall–Kier alpha value is -3.71. The molecule has 154 valence electrons. The van der Waals surface area contributed by atoms with Gasteiger partial charge in [-0.2, -0.15) is 0 Å². The van der Waals surface area contributed by atoms with Crippen molar-refractivity contribution in [2.75, 3.05) is 12.4 Å². The van der Waals surface area contributed by atoms with E-state index < -0.39 is 11.9 Å². The van der Waals surface area contributed by atoms with E-state index in [1.807, 2.05) is 12.1 Å². The van der Waals surface area contributed by atoms with Crippen LogP contribution in [0.2, 0.25) is 5.02 Å².